The molecule has 0 bridgehead atoms. The van der Waals surface area contributed by atoms with E-state index in [4.69, 9.17) is 21.1 Å². The van der Waals surface area contributed by atoms with Gasteiger partial charge in [0.1, 0.15) is 29.8 Å². The number of benzene rings is 2. The summed E-state index contributed by atoms with van der Waals surface area (Å²) in [6.45, 7) is 2.88. The molecule has 3 N–H and O–H groups in total. The fourth-order valence-corrected chi connectivity index (χ4v) is 4.40. The maximum absolute atomic E-state index is 13.6. The summed E-state index contributed by atoms with van der Waals surface area (Å²) in [5.74, 6) is 0.0772. The first kappa shape index (κ1) is 27.8. The fourth-order valence-electron chi connectivity index (χ4n) is 4.22. The molecule has 2 aromatic carbocycles. The normalized spacial score (nSPS) is 18.5. The summed E-state index contributed by atoms with van der Waals surface area (Å²) in [6.07, 6.45) is 5.25. The molecule has 12 heteroatoms. The van der Waals surface area contributed by atoms with Crippen LogP contribution >= 0.6 is 11.6 Å². The van der Waals surface area contributed by atoms with Gasteiger partial charge in [-0.15, -0.1) is 0 Å². The van der Waals surface area contributed by atoms with Crippen molar-refractivity contribution in [1.29, 1.82) is 0 Å². The number of morpholine rings is 1. The van der Waals surface area contributed by atoms with Gasteiger partial charge < -0.3 is 25.2 Å². The molecule has 40 heavy (non-hydrogen) atoms. The summed E-state index contributed by atoms with van der Waals surface area (Å²) in [6, 6.07) is 7.73. The van der Waals surface area contributed by atoms with E-state index in [1.54, 1.807) is 36.1 Å². The molecule has 0 radical (unpaired) electrons. The number of carbonyl (C=O) groups excluding carboxylic acids is 2. The molecule has 2 fully saturated rings. The van der Waals surface area contributed by atoms with Crippen LogP contribution in [0.4, 0.5) is 21.6 Å². The summed E-state index contributed by atoms with van der Waals surface area (Å²) in [5.41, 5.74) is 1.57. The third kappa shape index (κ3) is 7.04. The molecule has 0 spiro atoms. The molecule has 1 aromatic heterocycles. The maximum Gasteiger partial charge on any atom is 0.320 e. The lowest BCUT2D eigenvalue weighted by atomic mass is 10.1. The Kier molecular flexibility index (Phi) is 8.43. The zero-order chi connectivity index (χ0) is 28.2. The van der Waals surface area contributed by atoms with Gasteiger partial charge >= 0.3 is 5.97 Å². The monoisotopic (exact) mass is 569 g/mol. The second-order valence-corrected chi connectivity index (χ2v) is 10.4. The van der Waals surface area contributed by atoms with E-state index < -0.39 is 24.0 Å². The number of fused-ring (bicyclic) bond motifs is 1. The Morgan fingerprint density at radius 2 is 2.15 bits per heavy atom. The van der Waals surface area contributed by atoms with Crippen LogP contribution in [0.5, 0.6) is 5.75 Å². The minimum atomic E-state index is -0.788. The molecule has 3 aromatic rings. The van der Waals surface area contributed by atoms with Gasteiger partial charge in [-0.1, -0.05) is 17.7 Å². The molecular weight excluding hydrogens is 541 g/mol. The molecular formula is C28H29ClFN5O5. The Morgan fingerprint density at radius 1 is 1.32 bits per heavy atom. The molecule has 1 saturated carbocycles. The van der Waals surface area contributed by atoms with Crippen LogP contribution in [0.15, 0.2) is 48.8 Å². The first-order chi connectivity index (χ1) is 19.2. The molecule has 1 aliphatic carbocycles. The van der Waals surface area contributed by atoms with Crippen LogP contribution in [0.3, 0.4) is 0 Å². The van der Waals surface area contributed by atoms with Crippen molar-refractivity contribution in [3.8, 4) is 5.75 Å². The zero-order valence-corrected chi connectivity index (χ0v) is 22.5. The number of aliphatic hydroxyl groups is 1. The third-order valence-corrected chi connectivity index (χ3v) is 6.88. The van der Waals surface area contributed by atoms with Gasteiger partial charge in [0.25, 0.3) is 0 Å². The smallest absolute Gasteiger partial charge is 0.320 e. The molecule has 210 valence electrons. The average molecular weight is 570 g/mol. The summed E-state index contributed by atoms with van der Waals surface area (Å²) < 4.78 is 24.8. The zero-order valence-electron chi connectivity index (χ0n) is 21.8. The Labute approximate surface area is 235 Å². The van der Waals surface area contributed by atoms with E-state index in [2.05, 4.69) is 20.6 Å². The molecule has 1 aliphatic heterocycles. The molecule has 2 atom stereocenters. The van der Waals surface area contributed by atoms with Crippen LogP contribution in [0.25, 0.3) is 10.9 Å². The molecule has 1 amide bonds. The van der Waals surface area contributed by atoms with Crippen molar-refractivity contribution < 1.29 is 28.6 Å². The standard InChI is InChI=1S/C28H29ClFN5O5/c1-16(36)25-12-35(13-27(38)40-25)8-2-3-26(37)34-23-10-19-22(11-24(23)39-14-17-4-5-17)31-15-32-28(19)33-18-6-7-21(30)20(29)9-18/h2-3,6-7,9-11,15-17,25,36H,4-5,8,12-14H2,1H3,(H,34,37)(H,31,32,33)/t16?,25-/m1/s1. The van der Waals surface area contributed by atoms with Gasteiger partial charge in [0.05, 0.1) is 35.5 Å². The number of amides is 1. The predicted octanol–water partition coefficient (Wildman–Crippen LogP) is 4.06. The highest BCUT2D eigenvalue weighted by atomic mass is 35.5. The van der Waals surface area contributed by atoms with Crippen LogP contribution in [0.2, 0.25) is 5.02 Å². The molecule has 10 nitrogen and oxygen atoms in total. The van der Waals surface area contributed by atoms with E-state index in [1.165, 1.54) is 24.5 Å². The fraction of sp³-hybridized carbons (Fsp3) is 0.357. The molecule has 2 heterocycles. The Hall–Kier alpha value is -3.80. The number of halogens is 2. The number of hydrogen-bond acceptors (Lipinski definition) is 9. The number of nitrogens with one attached hydrogen (secondary N) is 2. The van der Waals surface area contributed by atoms with Gasteiger partial charge in [-0.2, -0.15) is 0 Å². The summed E-state index contributed by atoms with van der Waals surface area (Å²) >= 11 is 5.93. The molecule has 5 rings (SSSR count). The van der Waals surface area contributed by atoms with Crippen LogP contribution in [-0.4, -0.2) is 70.3 Å². The Bertz CT molecular complexity index is 1450. The van der Waals surface area contributed by atoms with E-state index in [-0.39, 0.29) is 17.5 Å². The van der Waals surface area contributed by atoms with Crippen molar-refractivity contribution in [3.05, 3.63) is 59.7 Å². The topological polar surface area (TPSA) is 126 Å². The van der Waals surface area contributed by atoms with Gasteiger partial charge in [-0.25, -0.2) is 14.4 Å². The minimum Gasteiger partial charge on any atom is -0.491 e. The van der Waals surface area contributed by atoms with Crippen molar-refractivity contribution in [3.63, 3.8) is 0 Å². The van der Waals surface area contributed by atoms with Gasteiger partial charge in [-0.3, -0.25) is 14.5 Å². The number of hydrogen-bond donors (Lipinski definition) is 3. The van der Waals surface area contributed by atoms with Gasteiger partial charge in [0.2, 0.25) is 5.91 Å². The first-order valence-electron chi connectivity index (χ1n) is 13.0. The molecule has 2 aliphatic rings. The van der Waals surface area contributed by atoms with Crippen LogP contribution in [0, 0.1) is 11.7 Å². The second kappa shape index (κ2) is 12.2. The maximum atomic E-state index is 13.6. The van der Waals surface area contributed by atoms with Crippen molar-refractivity contribution >= 4 is 51.6 Å². The number of anilines is 3. The highest BCUT2D eigenvalue weighted by Gasteiger charge is 2.29. The van der Waals surface area contributed by atoms with Crippen molar-refractivity contribution in [2.75, 3.05) is 36.9 Å². The minimum absolute atomic E-state index is 0.0262. The lowest BCUT2D eigenvalue weighted by Gasteiger charge is -2.32. The number of aliphatic hydroxyl groups excluding tert-OH is 1. The number of rotatable bonds is 10. The number of aromatic nitrogens is 2. The van der Waals surface area contributed by atoms with E-state index in [0.29, 0.717) is 59.5 Å². The second-order valence-electron chi connectivity index (χ2n) is 9.95. The van der Waals surface area contributed by atoms with Crippen LogP contribution in [-0.2, 0) is 14.3 Å². The van der Waals surface area contributed by atoms with Gasteiger partial charge in [-0.05, 0) is 49.9 Å². The number of ether oxygens (including phenoxy) is 2. The van der Waals surface area contributed by atoms with E-state index >= 15 is 0 Å². The Morgan fingerprint density at radius 3 is 2.90 bits per heavy atom. The number of carbonyl (C=O) groups is 2. The first-order valence-corrected chi connectivity index (χ1v) is 13.3. The third-order valence-electron chi connectivity index (χ3n) is 6.59. The highest BCUT2D eigenvalue weighted by molar-refractivity contribution is 6.31. The molecule has 1 unspecified atom stereocenters. The van der Waals surface area contributed by atoms with Crippen LogP contribution < -0.4 is 15.4 Å². The quantitative estimate of drug-likeness (QED) is 0.245. The van der Waals surface area contributed by atoms with Gasteiger partial charge in [0, 0.05) is 36.3 Å². The SMILES string of the molecule is CC(O)[C@H]1CN(CC=CC(=O)Nc2cc3c(Nc4ccc(F)c(Cl)c4)ncnc3cc2OCC2CC2)CC(=O)O1. The largest absolute Gasteiger partial charge is 0.491 e. The van der Waals surface area contributed by atoms with E-state index in [1.807, 2.05) is 0 Å². The number of cyclic esters (lactones) is 1. The summed E-state index contributed by atoms with van der Waals surface area (Å²) in [5, 5.41) is 16.4. The van der Waals surface area contributed by atoms with E-state index in [9.17, 15) is 19.1 Å². The lowest BCUT2D eigenvalue weighted by Crippen LogP contribution is -2.49. The van der Waals surface area contributed by atoms with Crippen molar-refractivity contribution in [2.24, 2.45) is 5.92 Å². The summed E-state index contributed by atoms with van der Waals surface area (Å²) in [7, 11) is 0. The molecule has 1 saturated heterocycles. The summed E-state index contributed by atoms with van der Waals surface area (Å²) in [4.78, 5) is 35.2. The van der Waals surface area contributed by atoms with Gasteiger partial charge in [0.15, 0.2) is 0 Å². The van der Waals surface area contributed by atoms with Crippen molar-refractivity contribution in [2.45, 2.75) is 32.0 Å². The number of esters is 1. The lowest BCUT2D eigenvalue weighted by molar-refractivity contribution is -0.165. The van der Waals surface area contributed by atoms with E-state index in [0.717, 1.165) is 12.8 Å². The number of nitrogens with zero attached hydrogens (tertiary/aromatic N) is 3. The highest BCUT2D eigenvalue weighted by Crippen LogP contribution is 2.36. The van der Waals surface area contributed by atoms with Crippen LogP contribution in [0.1, 0.15) is 19.8 Å². The average Bonchev–Trinajstić information content (AvgIpc) is 3.74. The Balaban J connectivity index is 1.34. The van der Waals surface area contributed by atoms with Crippen molar-refractivity contribution in [1.82, 2.24) is 14.9 Å². The predicted molar refractivity (Wildman–Crippen MR) is 148 cm³/mol.